The average molecular weight is 836 g/mol. The van der Waals surface area contributed by atoms with Crippen molar-refractivity contribution >= 4 is 65.3 Å². The zero-order valence-electron chi connectivity index (χ0n) is 25.9. The summed E-state index contributed by atoms with van der Waals surface area (Å²) in [6.07, 6.45) is -8.58. The Balaban J connectivity index is 1.01. The molecule has 292 valence electrons. The Kier molecular flexibility index (Phi) is 10.9. The molecule has 2 fully saturated rings. The van der Waals surface area contributed by atoms with Crippen LogP contribution in [-0.4, -0.2) is 129 Å². The number of rotatable bonds is 14. The molecule has 6 heterocycles. The van der Waals surface area contributed by atoms with Crippen LogP contribution >= 0.6 is 31.3 Å². The number of fused-ring (bicyclic) bond motifs is 2. The van der Waals surface area contributed by atoms with Crippen molar-refractivity contribution in [2.24, 2.45) is 0 Å². The lowest BCUT2D eigenvalue weighted by Crippen LogP contribution is -2.33. The van der Waals surface area contributed by atoms with Crippen molar-refractivity contribution < 1.29 is 89.7 Å². The number of phosphoric ester groups is 2. The Labute approximate surface area is 293 Å². The van der Waals surface area contributed by atoms with Crippen LogP contribution < -0.4 is 11.5 Å². The molecule has 4 aromatic heterocycles. The van der Waals surface area contributed by atoms with Crippen LogP contribution in [0.15, 0.2) is 25.3 Å². The van der Waals surface area contributed by atoms with Crippen LogP contribution in [0.3, 0.4) is 0 Å². The number of aromatic nitrogens is 8. The number of phosphoric acid groups is 4. The first-order valence-corrected chi connectivity index (χ1v) is 20.3. The maximum atomic E-state index is 12.4. The number of nitrogens with zero attached hydrogens (tertiary/aromatic N) is 8. The Morgan fingerprint density at radius 3 is 1.32 bits per heavy atom. The molecule has 2 saturated heterocycles. The fourth-order valence-electron chi connectivity index (χ4n) is 5.11. The highest BCUT2D eigenvalue weighted by molar-refractivity contribution is 7.69. The molecule has 12 atom stereocenters. The molecule has 4 aromatic rings. The van der Waals surface area contributed by atoms with Gasteiger partial charge < -0.3 is 60.9 Å². The highest BCUT2D eigenvalue weighted by Gasteiger charge is 2.50. The SMILES string of the molecule is Nc1ncnc2c1ncn2[C@@H]1O[C@H](COP(=O)(O)OP(=O)(O)OP(=O)(O)OP(=O)(O)OC[C@@H]2O[C@H](n3cnc4c(N)ncnc43)[C@@H](O)[C@@H]2O)[C@H](O)[C@H]1O. The normalized spacial score (nSPS) is 30.9. The zero-order chi connectivity index (χ0) is 38.7. The lowest BCUT2D eigenvalue weighted by Gasteiger charge is -2.21. The number of imidazole rings is 2. The monoisotopic (exact) mass is 836 g/mol. The van der Waals surface area contributed by atoms with Crippen molar-refractivity contribution in [1.29, 1.82) is 0 Å². The van der Waals surface area contributed by atoms with Gasteiger partial charge in [-0.15, -0.1) is 0 Å². The van der Waals surface area contributed by atoms with E-state index in [0.29, 0.717) is 0 Å². The van der Waals surface area contributed by atoms with Crippen LogP contribution in [0.2, 0.25) is 0 Å². The van der Waals surface area contributed by atoms with E-state index in [9.17, 15) is 58.3 Å². The van der Waals surface area contributed by atoms with Crippen molar-refractivity contribution in [2.45, 2.75) is 49.1 Å². The molecule has 2 aliphatic rings. The topological polar surface area (TPSA) is 434 Å². The summed E-state index contributed by atoms with van der Waals surface area (Å²) in [5.41, 5.74) is 11.9. The summed E-state index contributed by atoms with van der Waals surface area (Å²) >= 11 is 0. The number of anilines is 2. The van der Waals surface area contributed by atoms with Gasteiger partial charge in [-0.25, -0.2) is 48.2 Å². The van der Waals surface area contributed by atoms with Gasteiger partial charge in [0.25, 0.3) is 0 Å². The van der Waals surface area contributed by atoms with Gasteiger partial charge in [0.05, 0.1) is 25.9 Å². The van der Waals surface area contributed by atoms with Gasteiger partial charge in [0.1, 0.15) is 60.3 Å². The van der Waals surface area contributed by atoms with E-state index in [0.717, 1.165) is 34.4 Å². The largest absolute Gasteiger partial charge is 0.490 e. The number of hydrogen-bond donors (Lipinski definition) is 10. The molecular weight excluding hydrogens is 808 g/mol. The van der Waals surface area contributed by atoms with E-state index < -0.39 is 93.6 Å². The number of nitrogens with two attached hydrogens (primary N) is 2. The van der Waals surface area contributed by atoms with Gasteiger partial charge in [-0.1, -0.05) is 0 Å². The molecule has 4 unspecified atom stereocenters. The minimum absolute atomic E-state index is 0.0142. The van der Waals surface area contributed by atoms with Crippen molar-refractivity contribution in [3.8, 4) is 0 Å². The number of ether oxygens (including phenoxy) is 2. The summed E-state index contributed by atoms with van der Waals surface area (Å²) < 4.78 is 83.4. The molecule has 29 nitrogen and oxygen atoms in total. The quantitative estimate of drug-likeness (QED) is 0.0589. The molecular formula is C20H28N10O19P4. The van der Waals surface area contributed by atoms with Gasteiger partial charge in [0.2, 0.25) is 0 Å². The van der Waals surface area contributed by atoms with Crippen molar-refractivity contribution in [3.05, 3.63) is 25.3 Å². The Bertz CT molecular complexity index is 2040. The third-order valence-electron chi connectivity index (χ3n) is 7.42. The third kappa shape index (κ3) is 8.48. The molecule has 0 aromatic carbocycles. The molecule has 53 heavy (non-hydrogen) atoms. The van der Waals surface area contributed by atoms with Gasteiger partial charge in [0.15, 0.2) is 35.4 Å². The first kappa shape index (κ1) is 39.7. The van der Waals surface area contributed by atoms with Gasteiger partial charge >= 0.3 is 31.3 Å². The van der Waals surface area contributed by atoms with Crippen LogP contribution in [0, 0.1) is 0 Å². The molecule has 0 amide bonds. The molecule has 6 rings (SSSR count). The Hall–Kier alpha value is -2.98. The number of aliphatic hydroxyl groups is 4. The number of nitrogen functional groups attached to an aromatic ring is 2. The second-order valence-electron chi connectivity index (χ2n) is 11.0. The highest BCUT2D eigenvalue weighted by Crippen LogP contribution is 2.71. The highest BCUT2D eigenvalue weighted by atomic mass is 31.3. The summed E-state index contributed by atoms with van der Waals surface area (Å²) in [5, 5.41) is 41.8. The van der Waals surface area contributed by atoms with Crippen LogP contribution in [0.1, 0.15) is 12.5 Å². The summed E-state index contributed by atoms with van der Waals surface area (Å²) in [6, 6.07) is 0. The molecule has 0 radical (unpaired) electrons. The zero-order valence-corrected chi connectivity index (χ0v) is 29.5. The van der Waals surface area contributed by atoms with Crippen molar-refractivity contribution in [1.82, 2.24) is 39.0 Å². The number of hydrogen-bond acceptors (Lipinski definition) is 23. The molecule has 2 aliphatic heterocycles. The lowest BCUT2D eigenvalue weighted by molar-refractivity contribution is -0.0505. The Morgan fingerprint density at radius 2 is 0.943 bits per heavy atom. The smallest absolute Gasteiger partial charge is 0.387 e. The fourth-order valence-corrected chi connectivity index (χ4v) is 10.1. The molecule has 33 heteroatoms. The van der Waals surface area contributed by atoms with Crippen molar-refractivity contribution in [2.75, 3.05) is 24.7 Å². The van der Waals surface area contributed by atoms with Crippen molar-refractivity contribution in [3.63, 3.8) is 0 Å². The fraction of sp³-hybridized carbons (Fsp3) is 0.500. The summed E-state index contributed by atoms with van der Waals surface area (Å²) in [5.74, 6) is -0.0284. The van der Waals surface area contributed by atoms with Gasteiger partial charge in [-0.2, -0.15) is 12.9 Å². The standard InChI is InChI=1S/C20H28N10O19P4/c21-15-9-17(25-3-23-15)29(5-27-9)19-13(33)11(31)7(45-19)1-43-50(35,36)47-52(39,40)49-53(41,42)48-51(37,38)44-2-8-12(32)14(34)20(46-8)30-6-28-10-16(22)24-4-26-18(10)30/h3-8,11-14,19-20,31-34H,1-2H2,(H,35,36)(H,37,38)(H,39,40)(H,41,42)(H2,21,23,25)(H2,22,24,26)/t7-,8+,11+,12-,13-,14+,19-,20+. The van der Waals surface area contributed by atoms with E-state index >= 15 is 0 Å². The average Bonchev–Trinajstić information content (AvgIpc) is 3.80. The number of aliphatic hydroxyl groups excluding tert-OH is 4. The molecule has 0 aliphatic carbocycles. The summed E-state index contributed by atoms with van der Waals surface area (Å²) in [4.78, 5) is 63.0. The minimum Gasteiger partial charge on any atom is -0.387 e. The summed E-state index contributed by atoms with van der Waals surface area (Å²) in [7, 11) is -23.9. The minimum atomic E-state index is -6.19. The second-order valence-corrected chi connectivity index (χ2v) is 17.2. The van der Waals surface area contributed by atoms with Crippen LogP contribution in [0.5, 0.6) is 0 Å². The predicted octanol–water partition coefficient (Wildman–Crippen LogP) is -2.45. The maximum absolute atomic E-state index is 12.4. The van der Waals surface area contributed by atoms with Crippen LogP contribution in [-0.2, 0) is 49.7 Å². The molecule has 12 N–H and O–H groups in total. The van der Waals surface area contributed by atoms with E-state index in [4.69, 9.17) is 20.9 Å². The van der Waals surface area contributed by atoms with Crippen LogP contribution in [0.4, 0.5) is 11.6 Å². The van der Waals surface area contributed by atoms with Crippen LogP contribution in [0.25, 0.3) is 22.3 Å². The predicted molar refractivity (Wildman–Crippen MR) is 166 cm³/mol. The van der Waals surface area contributed by atoms with E-state index in [-0.39, 0.29) is 34.0 Å². The third-order valence-corrected chi connectivity index (χ3v) is 13.3. The molecule has 0 saturated carbocycles. The van der Waals surface area contributed by atoms with E-state index in [1.165, 1.54) is 0 Å². The van der Waals surface area contributed by atoms with Gasteiger partial charge in [0, 0.05) is 0 Å². The second kappa shape index (κ2) is 14.6. The van der Waals surface area contributed by atoms with E-state index in [1.807, 2.05) is 0 Å². The lowest BCUT2D eigenvalue weighted by atomic mass is 10.1. The summed E-state index contributed by atoms with van der Waals surface area (Å²) in [6.45, 7) is -2.22. The molecule has 0 bridgehead atoms. The molecule has 0 spiro atoms. The van der Waals surface area contributed by atoms with Gasteiger partial charge in [-0.3, -0.25) is 18.2 Å². The Morgan fingerprint density at radius 1 is 0.585 bits per heavy atom. The van der Waals surface area contributed by atoms with E-state index in [1.54, 1.807) is 0 Å². The van der Waals surface area contributed by atoms with E-state index in [2.05, 4.69) is 51.9 Å². The maximum Gasteiger partial charge on any atom is 0.490 e. The van der Waals surface area contributed by atoms with Gasteiger partial charge in [-0.05, 0) is 0 Å². The first-order chi connectivity index (χ1) is 24.7. The first-order valence-electron chi connectivity index (χ1n) is 14.3.